The number of carbonyl (C=O) groups is 1. The van der Waals surface area contributed by atoms with Crippen molar-refractivity contribution < 1.29 is 9.53 Å². The van der Waals surface area contributed by atoms with Crippen LogP contribution in [-0.2, 0) is 29.4 Å². The number of morpholine rings is 1. The van der Waals surface area contributed by atoms with Gasteiger partial charge in [-0.25, -0.2) is 4.98 Å². The zero-order chi connectivity index (χ0) is 18.7. The van der Waals surface area contributed by atoms with Crippen molar-refractivity contribution in [1.82, 2.24) is 24.6 Å². The SMILES string of the molecule is Cc1nn(C)c(C)c1CC(=O)N1CCOC(CCc2cc(=O)[nH]cn2)C1. The Balaban J connectivity index is 1.57. The first-order valence-corrected chi connectivity index (χ1v) is 8.86. The van der Waals surface area contributed by atoms with Crippen LogP contribution in [-0.4, -0.2) is 56.4 Å². The van der Waals surface area contributed by atoms with E-state index in [1.165, 1.54) is 12.4 Å². The van der Waals surface area contributed by atoms with Gasteiger partial charge < -0.3 is 14.6 Å². The van der Waals surface area contributed by atoms with E-state index in [-0.39, 0.29) is 17.6 Å². The molecule has 1 atom stereocenters. The highest BCUT2D eigenvalue weighted by Crippen LogP contribution is 2.16. The van der Waals surface area contributed by atoms with Gasteiger partial charge in [0.25, 0.3) is 5.56 Å². The van der Waals surface area contributed by atoms with E-state index in [1.54, 1.807) is 0 Å². The molecule has 2 aromatic heterocycles. The van der Waals surface area contributed by atoms with Crippen LogP contribution in [0.2, 0.25) is 0 Å². The molecule has 3 rings (SSSR count). The van der Waals surface area contributed by atoms with Crippen molar-refractivity contribution in [1.29, 1.82) is 0 Å². The van der Waals surface area contributed by atoms with E-state index in [4.69, 9.17) is 4.74 Å². The molecular formula is C18H25N5O3. The lowest BCUT2D eigenvalue weighted by Crippen LogP contribution is -2.46. The molecule has 0 spiro atoms. The Hall–Kier alpha value is -2.48. The molecule has 1 N–H and O–H groups in total. The minimum Gasteiger partial charge on any atom is -0.375 e. The molecule has 1 amide bonds. The van der Waals surface area contributed by atoms with E-state index in [0.717, 1.165) is 29.1 Å². The molecule has 3 heterocycles. The van der Waals surface area contributed by atoms with Gasteiger partial charge in [0.05, 0.1) is 31.2 Å². The number of rotatable bonds is 5. The van der Waals surface area contributed by atoms with E-state index in [9.17, 15) is 9.59 Å². The van der Waals surface area contributed by atoms with Crippen LogP contribution in [0.25, 0.3) is 0 Å². The van der Waals surface area contributed by atoms with Crippen molar-refractivity contribution in [2.75, 3.05) is 19.7 Å². The predicted octanol–water partition coefficient (Wildman–Crippen LogP) is 0.523. The van der Waals surface area contributed by atoms with Gasteiger partial charge in [0.2, 0.25) is 5.91 Å². The van der Waals surface area contributed by atoms with Crippen molar-refractivity contribution in [3.8, 4) is 0 Å². The Kier molecular flexibility index (Phi) is 5.51. The molecule has 26 heavy (non-hydrogen) atoms. The maximum Gasteiger partial charge on any atom is 0.250 e. The molecular weight excluding hydrogens is 334 g/mol. The van der Waals surface area contributed by atoms with Gasteiger partial charge in [-0.1, -0.05) is 0 Å². The van der Waals surface area contributed by atoms with Crippen LogP contribution in [0.15, 0.2) is 17.2 Å². The maximum atomic E-state index is 12.7. The first-order valence-electron chi connectivity index (χ1n) is 8.86. The monoisotopic (exact) mass is 359 g/mol. The third-order valence-electron chi connectivity index (χ3n) is 4.94. The Bertz CT molecular complexity index is 842. The van der Waals surface area contributed by atoms with Crippen molar-refractivity contribution in [2.24, 2.45) is 7.05 Å². The number of aromatic nitrogens is 4. The molecule has 1 fully saturated rings. The molecule has 8 heteroatoms. The normalized spacial score (nSPS) is 17.5. The number of nitrogens with one attached hydrogen (secondary N) is 1. The molecule has 2 aromatic rings. The summed E-state index contributed by atoms with van der Waals surface area (Å²) in [5, 5.41) is 4.38. The highest BCUT2D eigenvalue weighted by atomic mass is 16.5. The molecule has 1 saturated heterocycles. The average Bonchev–Trinajstić information content (AvgIpc) is 2.86. The van der Waals surface area contributed by atoms with Gasteiger partial charge in [-0.3, -0.25) is 14.3 Å². The summed E-state index contributed by atoms with van der Waals surface area (Å²) in [4.78, 5) is 32.6. The van der Waals surface area contributed by atoms with Crippen LogP contribution in [0.3, 0.4) is 0 Å². The summed E-state index contributed by atoms with van der Waals surface area (Å²) >= 11 is 0. The Morgan fingerprint density at radius 1 is 1.42 bits per heavy atom. The smallest absolute Gasteiger partial charge is 0.250 e. The zero-order valence-electron chi connectivity index (χ0n) is 15.5. The highest BCUT2D eigenvalue weighted by Gasteiger charge is 2.25. The number of hydrogen-bond acceptors (Lipinski definition) is 5. The number of amides is 1. The lowest BCUT2D eigenvalue weighted by atomic mass is 10.1. The van der Waals surface area contributed by atoms with E-state index in [2.05, 4.69) is 15.1 Å². The van der Waals surface area contributed by atoms with E-state index in [0.29, 0.717) is 32.5 Å². The number of ether oxygens (including phenoxy) is 1. The third kappa shape index (κ3) is 4.19. The van der Waals surface area contributed by atoms with Crippen molar-refractivity contribution >= 4 is 5.91 Å². The van der Waals surface area contributed by atoms with Crippen LogP contribution in [0, 0.1) is 13.8 Å². The standard InChI is InChI=1S/C18H25N5O3/c1-12-16(13(2)22(3)21-12)9-18(25)23-6-7-26-15(10-23)5-4-14-8-17(24)20-11-19-14/h8,11,15H,4-7,9-10H2,1-3H3,(H,19,20,24). The van der Waals surface area contributed by atoms with Crippen LogP contribution in [0.1, 0.15) is 29.1 Å². The summed E-state index contributed by atoms with van der Waals surface area (Å²) < 4.78 is 7.60. The minimum atomic E-state index is -0.154. The number of nitrogens with zero attached hydrogens (tertiary/aromatic N) is 4. The van der Waals surface area contributed by atoms with E-state index < -0.39 is 0 Å². The van der Waals surface area contributed by atoms with E-state index in [1.807, 2.05) is 30.5 Å². The molecule has 8 nitrogen and oxygen atoms in total. The lowest BCUT2D eigenvalue weighted by Gasteiger charge is -2.33. The quantitative estimate of drug-likeness (QED) is 0.840. The molecule has 1 aliphatic rings. The van der Waals surface area contributed by atoms with Crippen molar-refractivity contribution in [3.05, 3.63) is 45.4 Å². The highest BCUT2D eigenvalue weighted by molar-refractivity contribution is 5.79. The average molecular weight is 359 g/mol. The molecule has 1 unspecified atom stereocenters. The van der Waals surface area contributed by atoms with Crippen molar-refractivity contribution in [3.63, 3.8) is 0 Å². The number of H-pyrrole nitrogens is 1. The number of carbonyl (C=O) groups excluding carboxylic acids is 1. The van der Waals surface area contributed by atoms with E-state index >= 15 is 0 Å². The third-order valence-corrected chi connectivity index (χ3v) is 4.94. The Morgan fingerprint density at radius 2 is 2.23 bits per heavy atom. The van der Waals surface area contributed by atoms with Gasteiger partial charge in [-0.05, 0) is 26.7 Å². The molecule has 0 aliphatic carbocycles. The van der Waals surface area contributed by atoms with Gasteiger partial charge >= 0.3 is 0 Å². The van der Waals surface area contributed by atoms with Gasteiger partial charge in [0.15, 0.2) is 0 Å². The first-order chi connectivity index (χ1) is 12.4. The van der Waals surface area contributed by atoms with Crippen LogP contribution >= 0.6 is 0 Å². The fourth-order valence-corrected chi connectivity index (χ4v) is 3.31. The molecule has 0 bridgehead atoms. The summed E-state index contributed by atoms with van der Waals surface area (Å²) in [6, 6.07) is 1.50. The summed E-state index contributed by atoms with van der Waals surface area (Å²) in [7, 11) is 1.89. The molecule has 0 radical (unpaired) electrons. The second-order valence-corrected chi connectivity index (χ2v) is 6.72. The Labute approximate surface area is 152 Å². The summed E-state index contributed by atoms with van der Waals surface area (Å²) in [5.41, 5.74) is 3.53. The summed E-state index contributed by atoms with van der Waals surface area (Å²) in [5.74, 6) is 0.104. The second-order valence-electron chi connectivity index (χ2n) is 6.72. The van der Waals surface area contributed by atoms with Crippen LogP contribution < -0.4 is 5.56 Å². The van der Waals surface area contributed by atoms with Crippen molar-refractivity contribution in [2.45, 2.75) is 39.2 Å². The molecule has 0 aromatic carbocycles. The number of aryl methyl sites for hydroxylation is 3. The zero-order valence-corrected chi connectivity index (χ0v) is 15.5. The fraction of sp³-hybridized carbons (Fsp3) is 0.556. The maximum absolute atomic E-state index is 12.7. The van der Waals surface area contributed by atoms with Gasteiger partial charge in [-0.2, -0.15) is 5.10 Å². The first kappa shape index (κ1) is 18.3. The second kappa shape index (κ2) is 7.82. The van der Waals surface area contributed by atoms with Crippen LogP contribution in [0.5, 0.6) is 0 Å². The number of hydrogen-bond donors (Lipinski definition) is 1. The van der Waals surface area contributed by atoms with Gasteiger partial charge in [0.1, 0.15) is 0 Å². The largest absolute Gasteiger partial charge is 0.375 e. The summed E-state index contributed by atoms with van der Waals surface area (Å²) in [6.07, 6.45) is 3.12. The summed E-state index contributed by atoms with van der Waals surface area (Å²) in [6.45, 7) is 5.63. The topological polar surface area (TPSA) is 93.1 Å². The van der Waals surface area contributed by atoms with Gasteiger partial charge in [0, 0.05) is 43.2 Å². The van der Waals surface area contributed by atoms with Crippen LogP contribution in [0.4, 0.5) is 0 Å². The molecule has 0 saturated carbocycles. The lowest BCUT2D eigenvalue weighted by molar-refractivity contribution is -0.138. The molecule has 140 valence electrons. The fourth-order valence-electron chi connectivity index (χ4n) is 3.31. The van der Waals surface area contributed by atoms with Gasteiger partial charge in [-0.15, -0.1) is 0 Å². The molecule has 1 aliphatic heterocycles. The number of aromatic amines is 1. The minimum absolute atomic E-state index is 0.0371. The predicted molar refractivity (Wildman–Crippen MR) is 95.9 cm³/mol. The Morgan fingerprint density at radius 3 is 2.92 bits per heavy atom.